The fourth-order valence-corrected chi connectivity index (χ4v) is 4.60. The fourth-order valence-electron chi connectivity index (χ4n) is 4.60. The first kappa shape index (κ1) is 20.8. The minimum atomic E-state index is -4.74. The predicted molar refractivity (Wildman–Crippen MR) is 109 cm³/mol. The molecule has 4 aromatic rings. The molecule has 1 aliphatic carbocycles. The van der Waals surface area contributed by atoms with E-state index >= 15 is 8.78 Å². The first-order valence-electron chi connectivity index (χ1n) is 10.5. The number of hydrogen-bond donors (Lipinski definition) is 1. The maximum Gasteiger partial charge on any atom is 0.436 e. The Bertz CT molecular complexity index is 1420. The first-order valence-corrected chi connectivity index (χ1v) is 10.5. The highest BCUT2D eigenvalue weighted by molar-refractivity contribution is 6.04. The van der Waals surface area contributed by atoms with Gasteiger partial charge in [0.1, 0.15) is 11.6 Å². The van der Waals surface area contributed by atoms with Gasteiger partial charge >= 0.3 is 6.18 Å². The number of rotatable bonds is 4. The second-order valence-corrected chi connectivity index (χ2v) is 8.49. The van der Waals surface area contributed by atoms with Crippen LogP contribution in [-0.4, -0.2) is 30.9 Å². The van der Waals surface area contributed by atoms with Crippen molar-refractivity contribution >= 4 is 22.6 Å². The molecule has 2 fully saturated rings. The van der Waals surface area contributed by atoms with Crippen molar-refractivity contribution in [1.82, 2.24) is 25.0 Å². The van der Waals surface area contributed by atoms with Crippen LogP contribution in [0.25, 0.3) is 16.7 Å². The molecule has 1 aliphatic heterocycles. The number of β-lactam (4-membered cyclic amide) rings is 1. The van der Waals surface area contributed by atoms with Crippen LogP contribution in [0, 0.1) is 23.5 Å². The number of nitrogens with zero attached hydrogens (tertiary/aromatic N) is 5. The van der Waals surface area contributed by atoms with Crippen molar-refractivity contribution in [3.8, 4) is 5.69 Å². The highest BCUT2D eigenvalue weighted by Crippen LogP contribution is 2.55. The summed E-state index contributed by atoms with van der Waals surface area (Å²) in [6.07, 6.45) is -1.10. The van der Waals surface area contributed by atoms with Crippen molar-refractivity contribution in [2.75, 3.05) is 4.90 Å². The number of anilines is 1. The monoisotopic (exact) mass is 474 g/mol. The van der Waals surface area contributed by atoms with Crippen LogP contribution in [0.15, 0.2) is 42.9 Å². The Hall–Kier alpha value is -3.83. The molecule has 1 saturated heterocycles. The van der Waals surface area contributed by atoms with Crippen LogP contribution in [0.5, 0.6) is 0 Å². The van der Waals surface area contributed by atoms with Gasteiger partial charge in [0, 0.05) is 23.4 Å². The summed E-state index contributed by atoms with van der Waals surface area (Å²) >= 11 is 0. The van der Waals surface area contributed by atoms with E-state index in [-0.39, 0.29) is 23.1 Å². The Morgan fingerprint density at radius 2 is 1.76 bits per heavy atom. The Kier molecular flexibility index (Phi) is 4.32. The number of H-pyrrole nitrogens is 1. The van der Waals surface area contributed by atoms with Crippen LogP contribution in [0.2, 0.25) is 0 Å². The second kappa shape index (κ2) is 7.08. The normalized spacial score (nSPS) is 20.7. The molecule has 1 N–H and O–H groups in total. The quantitative estimate of drug-likeness (QED) is 0.348. The number of carbonyl (C=O) groups excluding carboxylic acids is 1. The molecule has 1 amide bonds. The third kappa shape index (κ3) is 3.16. The zero-order valence-electron chi connectivity index (χ0n) is 17.2. The van der Waals surface area contributed by atoms with Crippen LogP contribution in [0.1, 0.15) is 30.1 Å². The van der Waals surface area contributed by atoms with Gasteiger partial charge in [-0.2, -0.15) is 13.2 Å². The van der Waals surface area contributed by atoms with Crippen LogP contribution in [0.3, 0.4) is 0 Å². The highest BCUT2D eigenvalue weighted by atomic mass is 19.4. The zero-order chi connectivity index (χ0) is 23.8. The van der Waals surface area contributed by atoms with Crippen molar-refractivity contribution in [2.24, 2.45) is 11.8 Å². The van der Waals surface area contributed by atoms with Crippen molar-refractivity contribution in [3.05, 3.63) is 65.7 Å². The summed E-state index contributed by atoms with van der Waals surface area (Å²) in [5.41, 5.74) is -0.0313. The first-order chi connectivity index (χ1) is 16.2. The number of benzene rings is 2. The molecule has 0 spiro atoms. The number of imidazole rings is 1. The van der Waals surface area contributed by atoms with E-state index in [0.29, 0.717) is 22.1 Å². The van der Waals surface area contributed by atoms with Gasteiger partial charge in [-0.15, -0.1) is 5.10 Å². The summed E-state index contributed by atoms with van der Waals surface area (Å²) in [6.45, 7) is 0. The lowest BCUT2D eigenvalue weighted by Gasteiger charge is -2.48. The van der Waals surface area contributed by atoms with E-state index in [0.717, 1.165) is 30.5 Å². The molecule has 6 rings (SSSR count). The van der Waals surface area contributed by atoms with Crippen molar-refractivity contribution in [1.29, 1.82) is 0 Å². The Labute approximate surface area is 188 Å². The minimum Gasteiger partial charge on any atom is -0.345 e. The van der Waals surface area contributed by atoms with Crippen molar-refractivity contribution < 1.29 is 26.7 Å². The summed E-state index contributed by atoms with van der Waals surface area (Å²) < 4.78 is 69.8. The topological polar surface area (TPSA) is 79.7 Å². The van der Waals surface area contributed by atoms with Gasteiger partial charge in [0.15, 0.2) is 5.69 Å². The third-order valence-electron chi connectivity index (χ3n) is 6.36. The van der Waals surface area contributed by atoms with E-state index < -0.39 is 35.5 Å². The largest absolute Gasteiger partial charge is 0.436 e. The maximum absolute atomic E-state index is 15.3. The van der Waals surface area contributed by atoms with Gasteiger partial charge in [0.2, 0.25) is 5.91 Å². The average molecular weight is 474 g/mol. The molecule has 2 aromatic carbocycles. The Morgan fingerprint density at radius 3 is 2.41 bits per heavy atom. The molecule has 2 atom stereocenters. The molecule has 0 unspecified atom stereocenters. The smallest absolute Gasteiger partial charge is 0.345 e. The van der Waals surface area contributed by atoms with Gasteiger partial charge in [-0.1, -0.05) is 5.21 Å². The average Bonchev–Trinajstić information content (AvgIpc) is 3.26. The van der Waals surface area contributed by atoms with Gasteiger partial charge in [0.25, 0.3) is 0 Å². The zero-order valence-corrected chi connectivity index (χ0v) is 17.2. The second-order valence-electron chi connectivity index (χ2n) is 8.49. The molecule has 12 heteroatoms. The number of aromatic amines is 1. The number of amides is 1. The van der Waals surface area contributed by atoms with Gasteiger partial charge in [-0.05, 0) is 37.0 Å². The highest BCUT2D eigenvalue weighted by Gasteiger charge is 2.56. The van der Waals surface area contributed by atoms with E-state index in [1.165, 1.54) is 11.2 Å². The van der Waals surface area contributed by atoms with Gasteiger partial charge in [-0.25, -0.2) is 18.4 Å². The van der Waals surface area contributed by atoms with Crippen LogP contribution in [0.4, 0.5) is 27.6 Å². The molecule has 2 aliphatic rings. The summed E-state index contributed by atoms with van der Waals surface area (Å²) in [7, 11) is 0. The van der Waals surface area contributed by atoms with Crippen LogP contribution < -0.4 is 4.90 Å². The number of hydrogen-bond acceptors (Lipinski definition) is 4. The van der Waals surface area contributed by atoms with E-state index in [1.54, 1.807) is 18.2 Å². The number of aromatic nitrogens is 5. The summed E-state index contributed by atoms with van der Waals surface area (Å²) in [4.78, 5) is 21.5. The number of alkyl halides is 3. The van der Waals surface area contributed by atoms with Crippen molar-refractivity contribution in [2.45, 2.75) is 25.1 Å². The molecule has 0 bridgehead atoms. The molecular formula is C22H15F5N6O. The minimum absolute atomic E-state index is 0.0333. The van der Waals surface area contributed by atoms with Crippen molar-refractivity contribution in [3.63, 3.8) is 0 Å². The summed E-state index contributed by atoms with van der Waals surface area (Å²) in [5, 5.41) is 6.35. The molecule has 7 nitrogen and oxygen atoms in total. The summed E-state index contributed by atoms with van der Waals surface area (Å²) in [5.74, 6) is -2.73. The van der Waals surface area contributed by atoms with E-state index in [2.05, 4.69) is 20.3 Å². The third-order valence-corrected chi connectivity index (χ3v) is 6.36. The lowest BCUT2D eigenvalue weighted by Crippen LogP contribution is -2.56. The standard InChI is InChI=1S/C22H15F5N6O/c23-13-5-12(32-8-17(30-31-32)22(25,26)27)6-14(24)19(13)20-18(10-1-2-10)21(34)33(20)11-3-4-15-16(7-11)29-9-28-15/h3-10,18,20H,1-2H2,(H,28,29)/t18-,20-/m1/s1. The Morgan fingerprint density at radius 1 is 1.03 bits per heavy atom. The molecule has 34 heavy (non-hydrogen) atoms. The predicted octanol–water partition coefficient (Wildman–Crippen LogP) is 4.55. The lowest BCUT2D eigenvalue weighted by molar-refractivity contribution is -0.141. The van der Waals surface area contributed by atoms with Gasteiger partial charge in [0.05, 0.1) is 41.2 Å². The number of halogens is 5. The number of fused-ring (bicyclic) bond motifs is 1. The van der Waals surface area contributed by atoms with E-state index in [4.69, 9.17) is 0 Å². The molecule has 3 heterocycles. The Balaban J connectivity index is 1.41. The fraction of sp³-hybridized carbons (Fsp3) is 0.273. The lowest BCUT2D eigenvalue weighted by atomic mass is 9.78. The summed E-state index contributed by atoms with van der Waals surface area (Å²) in [6, 6.07) is 5.98. The molecular weight excluding hydrogens is 459 g/mol. The van der Waals surface area contributed by atoms with Gasteiger partial charge < -0.3 is 9.88 Å². The van der Waals surface area contributed by atoms with Gasteiger partial charge in [-0.3, -0.25) is 4.79 Å². The number of carbonyl (C=O) groups is 1. The molecule has 174 valence electrons. The van der Waals surface area contributed by atoms with E-state index in [9.17, 15) is 18.0 Å². The SMILES string of the molecule is O=C1[C@H](C2CC2)[C@H](c2c(F)cc(-n3cc(C(F)(F)F)nn3)cc2F)N1c1ccc2[nH]cnc2c1. The maximum atomic E-state index is 15.3. The molecule has 1 saturated carbocycles. The molecule has 0 radical (unpaired) electrons. The van der Waals surface area contributed by atoms with Crippen LogP contribution >= 0.6 is 0 Å². The molecule has 2 aromatic heterocycles. The number of nitrogens with one attached hydrogen (secondary N) is 1. The van der Waals surface area contributed by atoms with E-state index in [1.807, 2.05) is 0 Å². The van der Waals surface area contributed by atoms with Crippen LogP contribution in [-0.2, 0) is 11.0 Å².